The van der Waals surface area contributed by atoms with Crippen LogP contribution in [-0.4, -0.2) is 23.6 Å². The number of hydrogen-bond donors (Lipinski definition) is 0. The van der Waals surface area contributed by atoms with Gasteiger partial charge in [-0.1, -0.05) is 25.1 Å². The van der Waals surface area contributed by atoms with E-state index in [2.05, 4.69) is 4.98 Å². The SMILES string of the molecule is CCS(=O)(=O)c1ccccc1-c1cn2cc(C(C)(F)F)ccc2n1. The Morgan fingerprint density at radius 2 is 1.83 bits per heavy atom. The van der Waals surface area contributed by atoms with Gasteiger partial charge in [0.15, 0.2) is 9.84 Å². The van der Waals surface area contributed by atoms with Gasteiger partial charge in [0, 0.05) is 30.4 Å². The van der Waals surface area contributed by atoms with E-state index in [0.29, 0.717) is 16.9 Å². The molecule has 0 saturated carbocycles. The topological polar surface area (TPSA) is 51.4 Å². The van der Waals surface area contributed by atoms with Crippen molar-refractivity contribution in [3.8, 4) is 11.3 Å². The molecule has 0 fully saturated rings. The van der Waals surface area contributed by atoms with Crippen LogP contribution in [0.3, 0.4) is 0 Å². The Morgan fingerprint density at radius 1 is 1.12 bits per heavy atom. The zero-order valence-corrected chi connectivity index (χ0v) is 14.0. The van der Waals surface area contributed by atoms with Crippen LogP contribution in [0.1, 0.15) is 19.4 Å². The third-order valence-corrected chi connectivity index (χ3v) is 5.62. The smallest absolute Gasteiger partial charge is 0.271 e. The number of imidazole rings is 1. The largest absolute Gasteiger partial charge is 0.306 e. The van der Waals surface area contributed by atoms with Gasteiger partial charge >= 0.3 is 0 Å². The first-order chi connectivity index (χ1) is 11.2. The fourth-order valence-electron chi connectivity index (χ4n) is 2.49. The number of benzene rings is 1. The van der Waals surface area contributed by atoms with Crippen LogP contribution in [0, 0.1) is 0 Å². The summed E-state index contributed by atoms with van der Waals surface area (Å²) < 4.78 is 52.9. The molecule has 0 aliphatic carbocycles. The molecular weight excluding hydrogens is 334 g/mol. The molecule has 4 nitrogen and oxygen atoms in total. The van der Waals surface area contributed by atoms with Gasteiger partial charge in [-0.25, -0.2) is 22.2 Å². The van der Waals surface area contributed by atoms with Gasteiger partial charge in [-0.15, -0.1) is 0 Å². The van der Waals surface area contributed by atoms with Crippen molar-refractivity contribution >= 4 is 15.5 Å². The van der Waals surface area contributed by atoms with E-state index in [4.69, 9.17) is 0 Å². The van der Waals surface area contributed by atoms with Crippen LogP contribution in [0.4, 0.5) is 8.78 Å². The first-order valence-corrected chi connectivity index (χ1v) is 9.07. The quantitative estimate of drug-likeness (QED) is 0.717. The van der Waals surface area contributed by atoms with Crippen molar-refractivity contribution in [1.29, 1.82) is 0 Å². The lowest BCUT2D eigenvalue weighted by atomic mass is 10.2. The molecule has 0 aliphatic rings. The highest BCUT2D eigenvalue weighted by molar-refractivity contribution is 7.91. The number of pyridine rings is 1. The zero-order valence-electron chi connectivity index (χ0n) is 13.2. The number of sulfone groups is 1. The molecule has 0 radical (unpaired) electrons. The van der Waals surface area contributed by atoms with Crippen LogP contribution < -0.4 is 0 Å². The molecule has 1 aromatic carbocycles. The van der Waals surface area contributed by atoms with E-state index in [1.54, 1.807) is 31.3 Å². The molecule has 0 aliphatic heterocycles. The highest BCUT2D eigenvalue weighted by atomic mass is 32.2. The molecule has 0 saturated heterocycles. The molecule has 2 aromatic heterocycles. The zero-order chi connectivity index (χ0) is 17.5. The van der Waals surface area contributed by atoms with E-state index >= 15 is 0 Å². The molecule has 2 heterocycles. The summed E-state index contributed by atoms with van der Waals surface area (Å²) >= 11 is 0. The molecule has 0 N–H and O–H groups in total. The van der Waals surface area contributed by atoms with Crippen molar-refractivity contribution < 1.29 is 17.2 Å². The number of rotatable bonds is 4. The summed E-state index contributed by atoms with van der Waals surface area (Å²) in [7, 11) is -3.42. The van der Waals surface area contributed by atoms with Gasteiger partial charge in [0.25, 0.3) is 5.92 Å². The number of halogens is 2. The minimum absolute atomic E-state index is 0.0242. The van der Waals surface area contributed by atoms with Gasteiger partial charge in [-0.3, -0.25) is 0 Å². The van der Waals surface area contributed by atoms with Crippen LogP contribution >= 0.6 is 0 Å². The first-order valence-electron chi connectivity index (χ1n) is 7.41. The van der Waals surface area contributed by atoms with E-state index < -0.39 is 15.8 Å². The Kier molecular flexibility index (Phi) is 3.91. The molecule has 24 heavy (non-hydrogen) atoms. The lowest BCUT2D eigenvalue weighted by molar-refractivity contribution is 0.0170. The third-order valence-electron chi connectivity index (χ3n) is 3.84. The van der Waals surface area contributed by atoms with E-state index in [9.17, 15) is 17.2 Å². The summed E-state index contributed by atoms with van der Waals surface area (Å²) in [5, 5.41) is 0. The fraction of sp³-hybridized carbons (Fsp3) is 0.235. The molecule has 3 aromatic rings. The van der Waals surface area contributed by atoms with Gasteiger partial charge in [-0.05, 0) is 18.2 Å². The minimum Gasteiger partial charge on any atom is -0.306 e. The second kappa shape index (κ2) is 5.66. The van der Waals surface area contributed by atoms with Crippen molar-refractivity contribution in [3.05, 3.63) is 54.4 Å². The summed E-state index contributed by atoms with van der Waals surface area (Å²) in [6.07, 6.45) is 2.87. The predicted octanol–water partition coefficient (Wildman–Crippen LogP) is 3.91. The molecule has 0 bridgehead atoms. The molecule has 0 spiro atoms. The number of nitrogens with zero attached hydrogens (tertiary/aromatic N) is 2. The average Bonchev–Trinajstić information content (AvgIpc) is 2.97. The normalized spacial score (nSPS) is 12.7. The lowest BCUT2D eigenvalue weighted by Crippen LogP contribution is -2.07. The fourth-order valence-corrected chi connectivity index (χ4v) is 3.59. The number of alkyl halides is 2. The van der Waals surface area contributed by atoms with Crippen molar-refractivity contribution in [2.45, 2.75) is 24.7 Å². The molecular formula is C17H16F2N2O2S. The molecule has 0 unspecified atom stereocenters. The number of hydrogen-bond acceptors (Lipinski definition) is 3. The van der Waals surface area contributed by atoms with Crippen molar-refractivity contribution in [2.24, 2.45) is 0 Å². The summed E-state index contributed by atoms with van der Waals surface area (Å²) in [4.78, 5) is 4.56. The van der Waals surface area contributed by atoms with Gasteiger partial charge in [0.05, 0.1) is 16.3 Å². The maximum atomic E-state index is 13.5. The van der Waals surface area contributed by atoms with Gasteiger partial charge in [0.1, 0.15) is 5.65 Å². The summed E-state index contributed by atoms with van der Waals surface area (Å²) in [5.41, 5.74) is 1.24. The Bertz CT molecular complexity index is 1000. The maximum absolute atomic E-state index is 13.5. The standard InChI is InChI=1S/C17H16F2N2O2S/c1-3-24(22,23)15-7-5-4-6-13(15)14-11-21-10-12(17(2,18)19)8-9-16(21)20-14/h4-11H,3H2,1-2H3. The second-order valence-electron chi connectivity index (χ2n) is 5.60. The van der Waals surface area contributed by atoms with E-state index in [1.807, 2.05) is 0 Å². The molecule has 3 rings (SSSR count). The Hall–Kier alpha value is -2.28. The van der Waals surface area contributed by atoms with Gasteiger partial charge in [-0.2, -0.15) is 0 Å². The van der Waals surface area contributed by atoms with Gasteiger partial charge < -0.3 is 4.40 Å². The lowest BCUT2D eigenvalue weighted by Gasteiger charge is -2.10. The van der Waals surface area contributed by atoms with E-state index in [-0.39, 0.29) is 16.2 Å². The second-order valence-corrected chi connectivity index (χ2v) is 7.84. The monoisotopic (exact) mass is 350 g/mol. The van der Waals surface area contributed by atoms with E-state index in [0.717, 1.165) is 6.92 Å². The summed E-state index contributed by atoms with van der Waals surface area (Å²) in [6, 6.07) is 9.38. The molecule has 126 valence electrons. The Morgan fingerprint density at radius 3 is 2.50 bits per heavy atom. The molecule has 0 amide bonds. The highest BCUT2D eigenvalue weighted by Gasteiger charge is 2.25. The van der Waals surface area contributed by atoms with Crippen LogP contribution in [0.15, 0.2) is 53.7 Å². The van der Waals surface area contributed by atoms with Crippen LogP contribution in [-0.2, 0) is 15.8 Å². The average molecular weight is 350 g/mol. The number of aromatic nitrogens is 2. The molecule has 7 heteroatoms. The maximum Gasteiger partial charge on any atom is 0.271 e. The first kappa shape index (κ1) is 16.6. The van der Waals surface area contributed by atoms with Crippen LogP contribution in [0.25, 0.3) is 16.9 Å². The van der Waals surface area contributed by atoms with Crippen molar-refractivity contribution in [1.82, 2.24) is 9.38 Å². The van der Waals surface area contributed by atoms with E-state index in [1.165, 1.54) is 28.8 Å². The third kappa shape index (κ3) is 2.91. The van der Waals surface area contributed by atoms with Crippen molar-refractivity contribution in [2.75, 3.05) is 5.75 Å². The summed E-state index contributed by atoms with van der Waals surface area (Å²) in [5.74, 6) is -2.98. The molecule has 0 atom stereocenters. The van der Waals surface area contributed by atoms with Crippen molar-refractivity contribution in [3.63, 3.8) is 0 Å². The number of fused-ring (bicyclic) bond motifs is 1. The Labute approximate surface area is 138 Å². The Balaban J connectivity index is 2.18. The highest BCUT2D eigenvalue weighted by Crippen LogP contribution is 2.30. The minimum atomic E-state index is -3.42. The predicted molar refractivity (Wildman–Crippen MR) is 87.9 cm³/mol. The van der Waals surface area contributed by atoms with Crippen LogP contribution in [0.5, 0.6) is 0 Å². The van der Waals surface area contributed by atoms with Crippen LogP contribution in [0.2, 0.25) is 0 Å². The summed E-state index contributed by atoms with van der Waals surface area (Å²) in [6.45, 7) is 2.40. The van der Waals surface area contributed by atoms with Gasteiger partial charge in [0.2, 0.25) is 0 Å².